The molecular formula is C13H15ClN2O. The molecule has 4 heteroatoms. The lowest BCUT2D eigenvalue weighted by atomic mass is 10.2. The number of unbranched alkanes of at least 4 members (excludes halogenated alkanes) is 1. The van der Waals surface area contributed by atoms with E-state index in [-0.39, 0.29) is 0 Å². The highest BCUT2D eigenvalue weighted by atomic mass is 35.5. The first kappa shape index (κ1) is 12.0. The van der Waals surface area contributed by atoms with Crippen LogP contribution in [0.25, 0.3) is 11.3 Å². The van der Waals surface area contributed by atoms with Crippen LogP contribution in [0, 0.1) is 0 Å². The highest BCUT2D eigenvalue weighted by molar-refractivity contribution is 6.30. The van der Waals surface area contributed by atoms with Crippen LogP contribution in [0.15, 0.2) is 34.9 Å². The van der Waals surface area contributed by atoms with Gasteiger partial charge in [-0.05, 0) is 18.6 Å². The molecule has 90 valence electrons. The molecule has 0 unspecified atom stereocenters. The van der Waals surface area contributed by atoms with Gasteiger partial charge in [-0.1, -0.05) is 37.1 Å². The van der Waals surface area contributed by atoms with Gasteiger partial charge in [0.1, 0.15) is 12.0 Å². The summed E-state index contributed by atoms with van der Waals surface area (Å²) in [5, 5.41) is 3.86. The smallest absolute Gasteiger partial charge is 0.295 e. The quantitative estimate of drug-likeness (QED) is 0.808. The molecule has 0 spiro atoms. The van der Waals surface area contributed by atoms with Gasteiger partial charge >= 0.3 is 0 Å². The molecule has 0 aliphatic rings. The molecular weight excluding hydrogens is 236 g/mol. The first-order valence-corrected chi connectivity index (χ1v) is 6.12. The Bertz CT molecular complexity index is 465. The molecule has 0 saturated heterocycles. The average molecular weight is 251 g/mol. The zero-order valence-corrected chi connectivity index (χ0v) is 10.5. The van der Waals surface area contributed by atoms with Crippen LogP contribution in [0.2, 0.25) is 5.02 Å². The molecule has 2 rings (SSSR count). The summed E-state index contributed by atoms with van der Waals surface area (Å²) in [6.45, 7) is 3.04. The second-order valence-corrected chi connectivity index (χ2v) is 4.26. The van der Waals surface area contributed by atoms with Crippen LogP contribution in [0.5, 0.6) is 0 Å². The Balaban J connectivity index is 2.04. The maximum atomic E-state index is 5.83. The van der Waals surface area contributed by atoms with E-state index in [1.54, 1.807) is 6.26 Å². The lowest BCUT2D eigenvalue weighted by Gasteiger charge is -1.98. The van der Waals surface area contributed by atoms with E-state index in [2.05, 4.69) is 17.2 Å². The second-order valence-electron chi connectivity index (χ2n) is 3.83. The van der Waals surface area contributed by atoms with E-state index >= 15 is 0 Å². The van der Waals surface area contributed by atoms with Gasteiger partial charge in [0, 0.05) is 17.1 Å². The average Bonchev–Trinajstić information content (AvgIpc) is 2.79. The number of rotatable bonds is 5. The van der Waals surface area contributed by atoms with Gasteiger partial charge in [-0.3, -0.25) is 0 Å². The number of oxazole rings is 1. The van der Waals surface area contributed by atoms with Crippen LogP contribution < -0.4 is 5.32 Å². The minimum Gasteiger partial charge on any atom is -0.432 e. The molecule has 1 N–H and O–H groups in total. The van der Waals surface area contributed by atoms with Crippen molar-refractivity contribution in [2.45, 2.75) is 19.8 Å². The van der Waals surface area contributed by atoms with Crippen molar-refractivity contribution in [3.8, 4) is 11.3 Å². The van der Waals surface area contributed by atoms with E-state index in [1.807, 2.05) is 24.3 Å². The maximum Gasteiger partial charge on any atom is 0.295 e. The van der Waals surface area contributed by atoms with Crippen molar-refractivity contribution >= 4 is 17.6 Å². The van der Waals surface area contributed by atoms with Crippen molar-refractivity contribution in [3.63, 3.8) is 0 Å². The molecule has 1 aromatic carbocycles. The second kappa shape index (κ2) is 5.73. The fourth-order valence-electron chi connectivity index (χ4n) is 1.48. The largest absolute Gasteiger partial charge is 0.432 e. The van der Waals surface area contributed by atoms with Crippen molar-refractivity contribution in [1.29, 1.82) is 0 Å². The third-order valence-corrected chi connectivity index (χ3v) is 2.70. The Kier molecular flexibility index (Phi) is 4.04. The van der Waals surface area contributed by atoms with Crippen molar-refractivity contribution in [1.82, 2.24) is 4.98 Å². The number of aromatic nitrogens is 1. The molecule has 1 heterocycles. The van der Waals surface area contributed by atoms with Crippen LogP contribution in [0.4, 0.5) is 6.01 Å². The summed E-state index contributed by atoms with van der Waals surface area (Å²) in [5.41, 5.74) is 1.82. The van der Waals surface area contributed by atoms with Gasteiger partial charge in [-0.25, -0.2) is 0 Å². The van der Waals surface area contributed by atoms with Gasteiger partial charge in [0.2, 0.25) is 0 Å². The molecule has 1 aromatic heterocycles. The number of nitrogens with zero attached hydrogens (tertiary/aromatic N) is 1. The highest BCUT2D eigenvalue weighted by Crippen LogP contribution is 2.22. The first-order valence-electron chi connectivity index (χ1n) is 5.75. The zero-order chi connectivity index (χ0) is 12.1. The Hall–Kier alpha value is -1.48. The maximum absolute atomic E-state index is 5.83. The summed E-state index contributed by atoms with van der Waals surface area (Å²) in [4.78, 5) is 4.36. The third-order valence-electron chi connectivity index (χ3n) is 2.45. The van der Waals surface area contributed by atoms with E-state index in [4.69, 9.17) is 16.0 Å². The molecule has 0 fully saturated rings. The summed E-state index contributed by atoms with van der Waals surface area (Å²) in [7, 11) is 0. The van der Waals surface area contributed by atoms with E-state index in [0.717, 1.165) is 35.7 Å². The van der Waals surface area contributed by atoms with E-state index in [9.17, 15) is 0 Å². The molecule has 0 aliphatic heterocycles. The van der Waals surface area contributed by atoms with Gasteiger partial charge < -0.3 is 9.73 Å². The van der Waals surface area contributed by atoms with Crippen LogP contribution >= 0.6 is 11.6 Å². The Morgan fingerprint density at radius 2 is 2.06 bits per heavy atom. The summed E-state index contributed by atoms with van der Waals surface area (Å²) < 4.78 is 5.34. The molecule has 0 radical (unpaired) electrons. The topological polar surface area (TPSA) is 38.1 Å². The predicted octanol–water partition coefficient (Wildman–Crippen LogP) is 4.21. The number of benzene rings is 1. The molecule has 0 aliphatic carbocycles. The van der Waals surface area contributed by atoms with Gasteiger partial charge in [0.05, 0.1) is 0 Å². The Morgan fingerprint density at radius 3 is 2.76 bits per heavy atom. The number of hydrogen-bond donors (Lipinski definition) is 1. The summed E-state index contributed by atoms with van der Waals surface area (Å²) in [6, 6.07) is 8.11. The SMILES string of the molecule is CCCCNc1nc(-c2ccc(Cl)cc2)co1. The summed E-state index contributed by atoms with van der Waals surface area (Å²) in [6.07, 6.45) is 3.91. The molecule has 0 saturated carbocycles. The molecule has 2 aromatic rings. The minimum atomic E-state index is 0.573. The Morgan fingerprint density at radius 1 is 1.29 bits per heavy atom. The lowest BCUT2D eigenvalue weighted by molar-refractivity contribution is 0.569. The molecule has 17 heavy (non-hydrogen) atoms. The molecule has 0 bridgehead atoms. The number of hydrogen-bond acceptors (Lipinski definition) is 3. The third kappa shape index (κ3) is 3.24. The number of nitrogens with one attached hydrogen (secondary N) is 1. The number of anilines is 1. The highest BCUT2D eigenvalue weighted by Gasteiger charge is 2.05. The van der Waals surface area contributed by atoms with Crippen molar-refractivity contribution in [2.24, 2.45) is 0 Å². The standard InChI is InChI=1S/C13H15ClN2O/c1-2-3-8-15-13-16-12(9-17-13)10-4-6-11(14)7-5-10/h4-7,9H,2-3,8H2,1H3,(H,15,16). The minimum absolute atomic E-state index is 0.573. The summed E-state index contributed by atoms with van der Waals surface area (Å²) >= 11 is 5.83. The van der Waals surface area contributed by atoms with E-state index in [1.165, 1.54) is 0 Å². The summed E-state index contributed by atoms with van der Waals surface area (Å²) in [5.74, 6) is 0. The van der Waals surface area contributed by atoms with E-state index < -0.39 is 0 Å². The first-order chi connectivity index (χ1) is 8.29. The number of halogens is 1. The van der Waals surface area contributed by atoms with Crippen molar-refractivity contribution < 1.29 is 4.42 Å². The lowest BCUT2D eigenvalue weighted by Crippen LogP contribution is -2.00. The van der Waals surface area contributed by atoms with Crippen molar-refractivity contribution in [2.75, 3.05) is 11.9 Å². The van der Waals surface area contributed by atoms with Crippen LogP contribution in [-0.4, -0.2) is 11.5 Å². The zero-order valence-electron chi connectivity index (χ0n) is 9.74. The monoisotopic (exact) mass is 250 g/mol. The van der Waals surface area contributed by atoms with Gasteiger partial charge in [-0.2, -0.15) is 4.98 Å². The van der Waals surface area contributed by atoms with Crippen molar-refractivity contribution in [3.05, 3.63) is 35.6 Å². The van der Waals surface area contributed by atoms with Crippen LogP contribution in [0.3, 0.4) is 0 Å². The van der Waals surface area contributed by atoms with E-state index in [0.29, 0.717) is 6.01 Å². The van der Waals surface area contributed by atoms with Gasteiger partial charge in [0.25, 0.3) is 6.01 Å². The fourth-order valence-corrected chi connectivity index (χ4v) is 1.61. The molecule has 0 amide bonds. The molecule has 0 atom stereocenters. The van der Waals surface area contributed by atoms with Crippen LogP contribution in [-0.2, 0) is 0 Å². The fraction of sp³-hybridized carbons (Fsp3) is 0.308. The Labute approximate surface area is 106 Å². The van der Waals surface area contributed by atoms with Crippen LogP contribution in [0.1, 0.15) is 19.8 Å². The van der Waals surface area contributed by atoms with Gasteiger partial charge in [-0.15, -0.1) is 0 Å². The molecule has 3 nitrogen and oxygen atoms in total. The predicted molar refractivity (Wildman–Crippen MR) is 70.3 cm³/mol. The normalized spacial score (nSPS) is 10.5. The van der Waals surface area contributed by atoms with Gasteiger partial charge in [0.15, 0.2) is 0 Å².